The number of rotatable bonds is 6. The number of imidazole rings is 1. The summed E-state index contributed by atoms with van der Waals surface area (Å²) in [6, 6.07) is 3.57. The molecule has 1 saturated heterocycles. The van der Waals surface area contributed by atoms with Gasteiger partial charge >= 0.3 is 0 Å². The highest BCUT2D eigenvalue weighted by atomic mass is 32.2. The van der Waals surface area contributed by atoms with Crippen molar-refractivity contribution in [2.75, 3.05) is 6.54 Å². The van der Waals surface area contributed by atoms with Crippen molar-refractivity contribution in [2.24, 2.45) is 7.05 Å². The Labute approximate surface area is 163 Å². The van der Waals surface area contributed by atoms with Crippen LogP contribution in [0.25, 0.3) is 11.5 Å². The Morgan fingerprint density at radius 3 is 2.89 bits per heavy atom. The third kappa shape index (κ3) is 3.57. The molecule has 0 saturated carbocycles. The molecule has 0 N–H and O–H groups in total. The first-order chi connectivity index (χ1) is 13.4. The van der Waals surface area contributed by atoms with E-state index in [0.717, 1.165) is 18.4 Å². The second-order valence-electron chi connectivity index (χ2n) is 6.95. The summed E-state index contributed by atoms with van der Waals surface area (Å²) in [6.45, 7) is 2.30. The molecule has 148 valence electrons. The fraction of sp³-hybridized carbons (Fsp3) is 0.444. The monoisotopic (exact) mass is 402 g/mol. The quantitative estimate of drug-likeness (QED) is 0.620. The minimum Gasteiger partial charge on any atom is -0.337 e. The van der Waals surface area contributed by atoms with Gasteiger partial charge in [0.2, 0.25) is 0 Å². The molecule has 1 atom stereocenters. The van der Waals surface area contributed by atoms with Crippen molar-refractivity contribution in [1.82, 2.24) is 29.0 Å². The van der Waals surface area contributed by atoms with E-state index in [1.807, 2.05) is 6.07 Å². The number of aryl methyl sites for hydroxylation is 3. The minimum atomic E-state index is -3.60. The van der Waals surface area contributed by atoms with Gasteiger partial charge in [0.25, 0.3) is 15.9 Å². The van der Waals surface area contributed by atoms with Crippen LogP contribution in [0.2, 0.25) is 0 Å². The molecule has 3 aromatic heterocycles. The van der Waals surface area contributed by atoms with Gasteiger partial charge in [-0.1, -0.05) is 5.16 Å². The van der Waals surface area contributed by atoms with Gasteiger partial charge in [0.15, 0.2) is 10.9 Å². The van der Waals surface area contributed by atoms with Gasteiger partial charge in [0.05, 0.1) is 5.56 Å². The topological polar surface area (TPSA) is 107 Å². The van der Waals surface area contributed by atoms with Gasteiger partial charge in [-0.25, -0.2) is 13.4 Å². The Balaban J connectivity index is 1.45. The minimum absolute atomic E-state index is 0.0901. The van der Waals surface area contributed by atoms with Crippen molar-refractivity contribution < 1.29 is 12.9 Å². The van der Waals surface area contributed by atoms with Gasteiger partial charge in [0, 0.05) is 44.6 Å². The van der Waals surface area contributed by atoms with Crippen molar-refractivity contribution in [3.8, 4) is 11.5 Å². The second-order valence-corrected chi connectivity index (χ2v) is 8.78. The maximum Gasteiger partial charge on any atom is 0.262 e. The Morgan fingerprint density at radius 1 is 1.32 bits per heavy atom. The second kappa shape index (κ2) is 7.44. The fourth-order valence-corrected chi connectivity index (χ4v) is 5.19. The molecule has 0 aromatic carbocycles. The summed E-state index contributed by atoms with van der Waals surface area (Å²) in [4.78, 5) is 12.6. The summed E-state index contributed by atoms with van der Waals surface area (Å²) in [7, 11) is -1.81. The predicted octanol–water partition coefficient (Wildman–Crippen LogP) is 1.96. The van der Waals surface area contributed by atoms with E-state index < -0.39 is 10.0 Å². The first-order valence-corrected chi connectivity index (χ1v) is 10.6. The van der Waals surface area contributed by atoms with Crippen LogP contribution in [0.5, 0.6) is 0 Å². The van der Waals surface area contributed by atoms with Crippen LogP contribution in [0.1, 0.15) is 30.9 Å². The van der Waals surface area contributed by atoms with Crippen molar-refractivity contribution >= 4 is 10.0 Å². The summed E-state index contributed by atoms with van der Waals surface area (Å²) in [5, 5.41) is 4.13. The summed E-state index contributed by atoms with van der Waals surface area (Å²) in [5.41, 5.74) is 0.761. The standard InChI is InChI=1S/C18H22N6O3S/c1-13-20-17(12-23(13)2)28(25,26)24-10-4-6-15(24)7-8-16-21-18(27-22-16)14-5-3-9-19-11-14/h3,5,9,11-12,15H,4,6-8,10H2,1-2H3. The van der Waals surface area contributed by atoms with Gasteiger partial charge in [-0.15, -0.1) is 0 Å². The van der Waals surface area contributed by atoms with E-state index in [9.17, 15) is 8.42 Å². The molecule has 28 heavy (non-hydrogen) atoms. The van der Waals surface area contributed by atoms with Crippen LogP contribution in [-0.4, -0.2) is 50.0 Å². The Hall–Kier alpha value is -2.59. The molecule has 0 bridgehead atoms. The van der Waals surface area contributed by atoms with Crippen molar-refractivity contribution in [2.45, 2.75) is 43.7 Å². The Bertz CT molecular complexity index is 1040. The normalized spacial score (nSPS) is 18.0. The smallest absolute Gasteiger partial charge is 0.262 e. The predicted molar refractivity (Wildman–Crippen MR) is 101 cm³/mol. The van der Waals surface area contributed by atoms with E-state index in [2.05, 4.69) is 20.1 Å². The molecule has 1 aliphatic rings. The van der Waals surface area contributed by atoms with Crippen LogP contribution in [-0.2, 0) is 23.5 Å². The molecule has 0 aliphatic carbocycles. The maximum absolute atomic E-state index is 13.0. The molecule has 9 nitrogen and oxygen atoms in total. The molecular formula is C18H22N6O3S. The molecule has 3 aromatic rings. The maximum atomic E-state index is 13.0. The van der Waals surface area contributed by atoms with Gasteiger partial charge in [-0.2, -0.15) is 9.29 Å². The molecule has 4 heterocycles. The lowest BCUT2D eigenvalue weighted by molar-refractivity contribution is 0.363. The van der Waals surface area contributed by atoms with Crippen LogP contribution in [0.4, 0.5) is 0 Å². The molecule has 0 amide bonds. The van der Waals surface area contributed by atoms with Crippen molar-refractivity contribution in [3.63, 3.8) is 0 Å². The lowest BCUT2D eigenvalue weighted by Crippen LogP contribution is -2.36. The number of hydrogen-bond donors (Lipinski definition) is 0. The van der Waals surface area contributed by atoms with Gasteiger partial charge in [0.1, 0.15) is 5.82 Å². The lowest BCUT2D eigenvalue weighted by atomic mass is 10.1. The highest BCUT2D eigenvalue weighted by Gasteiger charge is 2.36. The van der Waals surface area contributed by atoms with Crippen LogP contribution >= 0.6 is 0 Å². The fourth-order valence-electron chi connectivity index (χ4n) is 3.44. The molecule has 1 unspecified atom stereocenters. The summed E-state index contributed by atoms with van der Waals surface area (Å²) in [5.74, 6) is 1.66. The van der Waals surface area contributed by atoms with Gasteiger partial charge < -0.3 is 9.09 Å². The third-order valence-electron chi connectivity index (χ3n) is 5.06. The van der Waals surface area contributed by atoms with Crippen molar-refractivity contribution in [1.29, 1.82) is 0 Å². The average Bonchev–Trinajstić information content (AvgIpc) is 3.42. The molecular weight excluding hydrogens is 380 g/mol. The summed E-state index contributed by atoms with van der Waals surface area (Å²) >= 11 is 0. The number of sulfonamides is 1. The highest BCUT2D eigenvalue weighted by Crippen LogP contribution is 2.28. The van der Waals surface area contributed by atoms with E-state index >= 15 is 0 Å². The first kappa shape index (κ1) is 18.8. The van der Waals surface area contributed by atoms with Gasteiger partial charge in [-0.3, -0.25) is 4.98 Å². The lowest BCUT2D eigenvalue weighted by Gasteiger charge is -2.22. The van der Waals surface area contributed by atoms with Crippen LogP contribution in [0, 0.1) is 6.92 Å². The van der Waals surface area contributed by atoms with E-state index in [1.165, 1.54) is 0 Å². The number of aromatic nitrogens is 5. The zero-order chi connectivity index (χ0) is 19.7. The van der Waals surface area contributed by atoms with Gasteiger partial charge in [-0.05, 0) is 38.3 Å². The summed E-state index contributed by atoms with van der Waals surface area (Å²) in [6.07, 6.45) is 7.75. The third-order valence-corrected chi connectivity index (χ3v) is 6.88. The molecule has 0 spiro atoms. The molecule has 1 aliphatic heterocycles. The largest absolute Gasteiger partial charge is 0.337 e. The Kier molecular flexibility index (Phi) is 4.98. The first-order valence-electron chi connectivity index (χ1n) is 9.20. The number of nitrogens with zero attached hydrogens (tertiary/aromatic N) is 6. The zero-order valence-electron chi connectivity index (χ0n) is 15.8. The Morgan fingerprint density at radius 2 is 2.18 bits per heavy atom. The van der Waals surface area contributed by atoms with E-state index in [4.69, 9.17) is 4.52 Å². The molecule has 10 heteroatoms. The van der Waals surface area contributed by atoms with E-state index in [-0.39, 0.29) is 11.1 Å². The van der Waals surface area contributed by atoms with Crippen LogP contribution < -0.4 is 0 Å². The van der Waals surface area contributed by atoms with Crippen molar-refractivity contribution in [3.05, 3.63) is 42.4 Å². The SMILES string of the molecule is Cc1nc(S(=O)(=O)N2CCCC2CCc2noc(-c3cccnc3)n2)cn1C. The van der Waals surface area contributed by atoms with Crippen LogP contribution in [0.15, 0.2) is 40.3 Å². The van der Waals surface area contributed by atoms with E-state index in [1.54, 1.807) is 47.5 Å². The molecule has 0 radical (unpaired) electrons. The molecule has 1 fully saturated rings. The molecule has 4 rings (SSSR count). The van der Waals surface area contributed by atoms with Crippen LogP contribution in [0.3, 0.4) is 0 Å². The zero-order valence-corrected chi connectivity index (χ0v) is 16.6. The van der Waals surface area contributed by atoms with E-state index in [0.29, 0.717) is 36.9 Å². The number of hydrogen-bond acceptors (Lipinski definition) is 7. The highest BCUT2D eigenvalue weighted by molar-refractivity contribution is 7.89. The number of pyridine rings is 1. The average molecular weight is 402 g/mol. The summed E-state index contributed by atoms with van der Waals surface area (Å²) < 4.78 is 34.6.